The highest BCUT2D eigenvalue weighted by Gasteiger charge is 2.08. The second-order valence-electron chi connectivity index (χ2n) is 6.04. The van der Waals surface area contributed by atoms with Gasteiger partial charge >= 0.3 is 0 Å². The zero-order valence-electron chi connectivity index (χ0n) is 14.0. The molecule has 0 amide bonds. The van der Waals surface area contributed by atoms with Crippen LogP contribution >= 0.6 is 0 Å². The Labute approximate surface area is 141 Å². The van der Waals surface area contributed by atoms with Crippen LogP contribution in [0.1, 0.15) is 18.2 Å². The van der Waals surface area contributed by atoms with E-state index < -0.39 is 0 Å². The number of hydrogen-bond acceptors (Lipinski definition) is 2. The topological polar surface area (TPSA) is 35.6 Å². The van der Waals surface area contributed by atoms with Crippen LogP contribution in [0.5, 0.6) is 0 Å². The maximum absolute atomic E-state index is 4.55. The molecule has 4 heteroatoms. The van der Waals surface area contributed by atoms with Gasteiger partial charge in [0.2, 0.25) is 0 Å². The molecule has 24 heavy (non-hydrogen) atoms. The second-order valence-corrected chi connectivity index (χ2v) is 6.04. The smallest absolute Gasteiger partial charge is 0.139 e. The monoisotopic (exact) mass is 316 g/mol. The molecule has 120 valence electrons. The number of benzene rings is 2. The standard InChI is InChI=1S/C20H20N4/c1-3-17-12-21-20(23(17)2)16-10-8-15(9-11-16)13-24-14-22-18-6-4-5-7-19(18)24/h4-12,14H,3,13H2,1-2H3. The number of fused-ring (bicyclic) bond motifs is 1. The number of imidazole rings is 2. The van der Waals surface area contributed by atoms with E-state index in [4.69, 9.17) is 0 Å². The lowest BCUT2D eigenvalue weighted by Crippen LogP contribution is -1.99. The lowest BCUT2D eigenvalue weighted by Gasteiger charge is -2.07. The van der Waals surface area contributed by atoms with E-state index in [1.807, 2.05) is 24.7 Å². The van der Waals surface area contributed by atoms with Gasteiger partial charge in [-0.2, -0.15) is 0 Å². The minimum Gasteiger partial charge on any atom is -0.331 e. The third-order valence-corrected chi connectivity index (χ3v) is 4.54. The van der Waals surface area contributed by atoms with Crippen molar-refractivity contribution in [2.45, 2.75) is 19.9 Å². The largest absolute Gasteiger partial charge is 0.331 e. The van der Waals surface area contributed by atoms with Crippen LogP contribution in [-0.2, 0) is 20.0 Å². The van der Waals surface area contributed by atoms with Crippen LogP contribution in [-0.4, -0.2) is 19.1 Å². The number of rotatable bonds is 4. The molecular weight excluding hydrogens is 296 g/mol. The maximum atomic E-state index is 4.55. The Kier molecular flexibility index (Phi) is 3.65. The number of para-hydroxylation sites is 2. The van der Waals surface area contributed by atoms with Gasteiger partial charge in [-0.15, -0.1) is 0 Å². The van der Waals surface area contributed by atoms with Gasteiger partial charge in [-0.25, -0.2) is 9.97 Å². The fourth-order valence-corrected chi connectivity index (χ4v) is 3.13. The van der Waals surface area contributed by atoms with Crippen LogP contribution in [0.25, 0.3) is 22.4 Å². The van der Waals surface area contributed by atoms with Crippen LogP contribution in [0.2, 0.25) is 0 Å². The van der Waals surface area contributed by atoms with Crippen LogP contribution in [0.3, 0.4) is 0 Å². The average molecular weight is 316 g/mol. The summed E-state index contributed by atoms with van der Waals surface area (Å²) in [7, 11) is 2.08. The van der Waals surface area contributed by atoms with Crippen molar-refractivity contribution >= 4 is 11.0 Å². The van der Waals surface area contributed by atoms with E-state index in [0.717, 1.165) is 29.9 Å². The minimum atomic E-state index is 0.821. The highest BCUT2D eigenvalue weighted by Crippen LogP contribution is 2.21. The summed E-state index contributed by atoms with van der Waals surface area (Å²) < 4.78 is 4.35. The van der Waals surface area contributed by atoms with Gasteiger partial charge in [-0.1, -0.05) is 43.3 Å². The molecule has 0 aliphatic heterocycles. The summed E-state index contributed by atoms with van der Waals surface area (Å²) in [6.45, 7) is 2.97. The van der Waals surface area contributed by atoms with E-state index >= 15 is 0 Å². The molecule has 0 aliphatic carbocycles. The molecule has 2 heterocycles. The molecule has 4 rings (SSSR count). The average Bonchev–Trinajstić information content (AvgIpc) is 3.19. The van der Waals surface area contributed by atoms with Gasteiger partial charge in [-0.05, 0) is 24.1 Å². The highest BCUT2D eigenvalue weighted by molar-refractivity contribution is 5.75. The Morgan fingerprint density at radius 2 is 1.75 bits per heavy atom. The zero-order chi connectivity index (χ0) is 16.5. The maximum Gasteiger partial charge on any atom is 0.139 e. The van der Waals surface area contributed by atoms with Gasteiger partial charge in [0.05, 0.1) is 17.4 Å². The van der Waals surface area contributed by atoms with E-state index in [9.17, 15) is 0 Å². The molecule has 2 aromatic carbocycles. The zero-order valence-corrected chi connectivity index (χ0v) is 14.0. The van der Waals surface area contributed by atoms with Gasteiger partial charge in [0.15, 0.2) is 0 Å². The first-order valence-corrected chi connectivity index (χ1v) is 8.26. The lowest BCUT2D eigenvalue weighted by atomic mass is 10.1. The second kappa shape index (κ2) is 5.96. The number of aryl methyl sites for hydroxylation is 1. The Morgan fingerprint density at radius 1 is 0.958 bits per heavy atom. The highest BCUT2D eigenvalue weighted by atomic mass is 15.1. The summed E-state index contributed by atoms with van der Waals surface area (Å²) in [6.07, 6.45) is 4.86. The summed E-state index contributed by atoms with van der Waals surface area (Å²) in [5, 5.41) is 0. The Hall–Kier alpha value is -2.88. The van der Waals surface area contributed by atoms with Crippen molar-refractivity contribution in [3.05, 3.63) is 72.3 Å². The van der Waals surface area contributed by atoms with Crippen molar-refractivity contribution in [3.63, 3.8) is 0 Å². The van der Waals surface area contributed by atoms with E-state index in [2.05, 4.69) is 69.5 Å². The van der Waals surface area contributed by atoms with Gasteiger partial charge < -0.3 is 9.13 Å². The molecule has 0 atom stereocenters. The van der Waals surface area contributed by atoms with E-state index in [-0.39, 0.29) is 0 Å². The predicted octanol–water partition coefficient (Wildman–Crippen LogP) is 4.05. The third kappa shape index (κ3) is 2.50. The molecule has 0 spiro atoms. The Bertz CT molecular complexity index is 976. The molecule has 4 nitrogen and oxygen atoms in total. The van der Waals surface area contributed by atoms with E-state index in [0.29, 0.717) is 0 Å². The van der Waals surface area contributed by atoms with Crippen LogP contribution in [0, 0.1) is 0 Å². The molecular formula is C20H20N4. The van der Waals surface area contributed by atoms with Crippen molar-refractivity contribution in [3.8, 4) is 11.4 Å². The molecule has 0 unspecified atom stereocenters. The van der Waals surface area contributed by atoms with E-state index in [1.165, 1.54) is 16.8 Å². The Morgan fingerprint density at radius 3 is 2.50 bits per heavy atom. The summed E-state index contributed by atoms with van der Waals surface area (Å²) >= 11 is 0. The number of aromatic nitrogens is 4. The molecule has 0 saturated heterocycles. The van der Waals surface area contributed by atoms with Crippen molar-refractivity contribution < 1.29 is 0 Å². The van der Waals surface area contributed by atoms with Crippen molar-refractivity contribution in [2.75, 3.05) is 0 Å². The van der Waals surface area contributed by atoms with Crippen LogP contribution in [0.4, 0.5) is 0 Å². The quantitative estimate of drug-likeness (QED) is 0.569. The van der Waals surface area contributed by atoms with Gasteiger partial charge in [0, 0.05) is 31.0 Å². The lowest BCUT2D eigenvalue weighted by molar-refractivity contribution is 0.823. The van der Waals surface area contributed by atoms with Crippen molar-refractivity contribution in [1.29, 1.82) is 0 Å². The van der Waals surface area contributed by atoms with Crippen molar-refractivity contribution in [1.82, 2.24) is 19.1 Å². The van der Waals surface area contributed by atoms with E-state index in [1.54, 1.807) is 0 Å². The first-order valence-electron chi connectivity index (χ1n) is 8.26. The van der Waals surface area contributed by atoms with Gasteiger partial charge in [0.1, 0.15) is 5.82 Å². The van der Waals surface area contributed by atoms with Crippen LogP contribution in [0.15, 0.2) is 61.1 Å². The first kappa shape index (κ1) is 14.7. The SMILES string of the molecule is CCc1cnc(-c2ccc(Cn3cnc4ccccc43)cc2)n1C. The molecule has 0 fully saturated rings. The van der Waals surface area contributed by atoms with Gasteiger partial charge in [-0.3, -0.25) is 0 Å². The molecule has 0 N–H and O–H groups in total. The summed E-state index contributed by atoms with van der Waals surface area (Å²) in [5.41, 5.74) is 5.86. The number of nitrogens with zero attached hydrogens (tertiary/aromatic N) is 4. The normalized spacial score (nSPS) is 11.2. The minimum absolute atomic E-state index is 0.821. The third-order valence-electron chi connectivity index (χ3n) is 4.54. The first-order chi connectivity index (χ1) is 11.8. The fourth-order valence-electron chi connectivity index (χ4n) is 3.13. The summed E-state index contributed by atoms with van der Waals surface area (Å²) in [5.74, 6) is 1.02. The van der Waals surface area contributed by atoms with Crippen LogP contribution < -0.4 is 0 Å². The molecule has 0 bridgehead atoms. The number of hydrogen-bond donors (Lipinski definition) is 0. The van der Waals surface area contributed by atoms with Gasteiger partial charge in [0.25, 0.3) is 0 Å². The predicted molar refractivity (Wildman–Crippen MR) is 96.9 cm³/mol. The fraction of sp³-hybridized carbons (Fsp3) is 0.200. The van der Waals surface area contributed by atoms with Crippen molar-refractivity contribution in [2.24, 2.45) is 7.05 Å². The molecule has 0 saturated carbocycles. The molecule has 4 aromatic rings. The molecule has 0 aliphatic rings. The summed E-state index contributed by atoms with van der Waals surface area (Å²) in [6, 6.07) is 16.9. The summed E-state index contributed by atoms with van der Waals surface area (Å²) in [4.78, 5) is 9.00. The molecule has 0 radical (unpaired) electrons. The molecule has 2 aromatic heterocycles. The Balaban J connectivity index is 1.61.